The lowest BCUT2D eigenvalue weighted by Gasteiger charge is -2.20. The number of likely N-dealkylation sites (N-methyl/N-ethyl adjacent to an activating group) is 1. The Kier molecular flexibility index (Phi) is 5.48. The van der Waals surface area contributed by atoms with Gasteiger partial charge in [-0.1, -0.05) is 47.1 Å². The van der Waals surface area contributed by atoms with E-state index in [0.29, 0.717) is 22.0 Å². The molecule has 0 amide bonds. The first kappa shape index (κ1) is 16.1. The quantitative estimate of drug-likeness (QED) is 0.803. The Hall–Kier alpha value is -1.26. The molecule has 1 N–H and O–H groups in total. The van der Waals surface area contributed by atoms with Crippen LogP contribution in [0.25, 0.3) is 0 Å². The number of benzene rings is 2. The van der Waals surface area contributed by atoms with E-state index < -0.39 is 0 Å². The van der Waals surface area contributed by atoms with Crippen LogP contribution in [0, 0.1) is 18.6 Å². The summed E-state index contributed by atoms with van der Waals surface area (Å²) in [6.45, 7) is 4.48. The van der Waals surface area contributed by atoms with Crippen LogP contribution in [0.4, 0.5) is 8.78 Å². The predicted molar refractivity (Wildman–Crippen MR) is 85.4 cm³/mol. The van der Waals surface area contributed by atoms with Gasteiger partial charge in [0.15, 0.2) is 0 Å². The average molecular weight is 354 g/mol. The summed E-state index contributed by atoms with van der Waals surface area (Å²) in [6, 6.07) is 9.87. The van der Waals surface area contributed by atoms with Gasteiger partial charge >= 0.3 is 0 Å². The van der Waals surface area contributed by atoms with Gasteiger partial charge in [-0.05, 0) is 43.1 Å². The molecule has 0 heterocycles. The molecule has 0 aliphatic heterocycles. The summed E-state index contributed by atoms with van der Waals surface area (Å²) >= 11 is 3.37. The molecule has 0 aliphatic rings. The SMILES string of the molecule is CCNC(Cc1ccc(F)cc1Br)c1cccc(C)c1F. The van der Waals surface area contributed by atoms with Crippen LogP contribution in [-0.2, 0) is 6.42 Å². The number of hydrogen-bond donors (Lipinski definition) is 1. The van der Waals surface area contributed by atoms with E-state index in [1.54, 1.807) is 25.1 Å². The molecular formula is C17H18BrF2N. The molecule has 0 saturated heterocycles. The lowest BCUT2D eigenvalue weighted by atomic mass is 9.97. The molecule has 4 heteroatoms. The average Bonchev–Trinajstić information content (AvgIpc) is 2.44. The van der Waals surface area contributed by atoms with Gasteiger partial charge < -0.3 is 5.32 Å². The minimum atomic E-state index is -0.285. The molecule has 112 valence electrons. The van der Waals surface area contributed by atoms with Crippen molar-refractivity contribution in [3.05, 3.63) is 69.2 Å². The molecular weight excluding hydrogens is 336 g/mol. The highest BCUT2D eigenvalue weighted by Gasteiger charge is 2.17. The minimum Gasteiger partial charge on any atom is -0.310 e. The topological polar surface area (TPSA) is 12.0 Å². The summed E-state index contributed by atoms with van der Waals surface area (Å²) in [4.78, 5) is 0. The van der Waals surface area contributed by atoms with Crippen molar-refractivity contribution in [3.8, 4) is 0 Å². The van der Waals surface area contributed by atoms with Gasteiger partial charge in [0.05, 0.1) is 0 Å². The Morgan fingerprint density at radius 1 is 1.19 bits per heavy atom. The lowest BCUT2D eigenvalue weighted by Crippen LogP contribution is -2.24. The molecule has 0 fully saturated rings. The molecule has 1 atom stereocenters. The van der Waals surface area contributed by atoms with Crippen molar-refractivity contribution in [1.29, 1.82) is 0 Å². The summed E-state index contributed by atoms with van der Waals surface area (Å²) in [5, 5.41) is 3.30. The smallest absolute Gasteiger partial charge is 0.130 e. The summed E-state index contributed by atoms with van der Waals surface area (Å²) in [7, 11) is 0. The minimum absolute atomic E-state index is 0.142. The van der Waals surface area contributed by atoms with Crippen LogP contribution in [0.3, 0.4) is 0 Å². The molecule has 0 bridgehead atoms. The predicted octanol–water partition coefficient (Wildman–Crippen LogP) is 4.93. The fourth-order valence-corrected chi connectivity index (χ4v) is 2.90. The van der Waals surface area contributed by atoms with Crippen molar-refractivity contribution < 1.29 is 8.78 Å². The van der Waals surface area contributed by atoms with Crippen molar-refractivity contribution >= 4 is 15.9 Å². The first-order valence-corrected chi connectivity index (χ1v) is 7.74. The fourth-order valence-electron chi connectivity index (χ4n) is 2.38. The van der Waals surface area contributed by atoms with Gasteiger partial charge in [-0.2, -0.15) is 0 Å². The summed E-state index contributed by atoms with van der Waals surface area (Å²) in [5.41, 5.74) is 2.23. The summed E-state index contributed by atoms with van der Waals surface area (Å²) < 4.78 is 28.2. The first-order valence-electron chi connectivity index (χ1n) is 6.95. The third-order valence-corrected chi connectivity index (χ3v) is 4.22. The van der Waals surface area contributed by atoms with Crippen LogP contribution in [-0.4, -0.2) is 6.54 Å². The van der Waals surface area contributed by atoms with Gasteiger partial charge in [-0.15, -0.1) is 0 Å². The second-order valence-corrected chi connectivity index (χ2v) is 5.88. The van der Waals surface area contributed by atoms with E-state index in [-0.39, 0.29) is 17.7 Å². The second kappa shape index (κ2) is 7.14. The van der Waals surface area contributed by atoms with Crippen LogP contribution in [0.2, 0.25) is 0 Å². The third-order valence-electron chi connectivity index (χ3n) is 3.49. The highest BCUT2D eigenvalue weighted by atomic mass is 79.9. The summed E-state index contributed by atoms with van der Waals surface area (Å²) in [5.74, 6) is -0.464. The standard InChI is InChI=1S/C17H18BrF2N/c1-3-21-16(14-6-4-5-11(2)17(14)20)9-12-7-8-13(19)10-15(12)18/h4-8,10,16,21H,3,9H2,1-2H3. The van der Waals surface area contributed by atoms with Crippen molar-refractivity contribution in [2.24, 2.45) is 0 Å². The Morgan fingerprint density at radius 2 is 1.95 bits per heavy atom. The van der Waals surface area contributed by atoms with Crippen LogP contribution in [0.5, 0.6) is 0 Å². The first-order chi connectivity index (χ1) is 10.0. The molecule has 0 spiro atoms. The van der Waals surface area contributed by atoms with Crippen LogP contribution in [0.15, 0.2) is 40.9 Å². The molecule has 2 aromatic rings. The number of halogens is 3. The maximum Gasteiger partial charge on any atom is 0.130 e. The molecule has 1 nitrogen and oxygen atoms in total. The zero-order valence-electron chi connectivity index (χ0n) is 12.1. The molecule has 0 aromatic heterocycles. The monoisotopic (exact) mass is 353 g/mol. The van der Waals surface area contributed by atoms with E-state index >= 15 is 0 Å². The Morgan fingerprint density at radius 3 is 2.62 bits per heavy atom. The van der Waals surface area contributed by atoms with E-state index in [1.165, 1.54) is 12.1 Å². The molecule has 2 rings (SSSR count). The summed E-state index contributed by atoms with van der Waals surface area (Å²) in [6.07, 6.45) is 0.592. The second-order valence-electron chi connectivity index (χ2n) is 5.03. The van der Waals surface area contributed by atoms with Gasteiger partial charge in [0.25, 0.3) is 0 Å². The zero-order valence-corrected chi connectivity index (χ0v) is 13.7. The maximum absolute atomic E-state index is 14.3. The highest BCUT2D eigenvalue weighted by molar-refractivity contribution is 9.10. The highest BCUT2D eigenvalue weighted by Crippen LogP contribution is 2.27. The lowest BCUT2D eigenvalue weighted by molar-refractivity contribution is 0.506. The Balaban J connectivity index is 2.33. The van der Waals surface area contributed by atoms with Gasteiger partial charge in [0.2, 0.25) is 0 Å². The fraction of sp³-hybridized carbons (Fsp3) is 0.294. The third kappa shape index (κ3) is 3.89. The van der Waals surface area contributed by atoms with Crippen LogP contribution >= 0.6 is 15.9 Å². The Labute approximate surface area is 132 Å². The number of hydrogen-bond acceptors (Lipinski definition) is 1. The van der Waals surface area contributed by atoms with E-state index in [1.807, 2.05) is 13.0 Å². The molecule has 1 unspecified atom stereocenters. The number of aryl methyl sites for hydroxylation is 1. The Bertz CT molecular complexity index is 628. The van der Waals surface area contributed by atoms with Gasteiger partial charge in [0.1, 0.15) is 11.6 Å². The van der Waals surface area contributed by atoms with Crippen LogP contribution in [0.1, 0.15) is 29.7 Å². The molecule has 0 aliphatic carbocycles. The molecule has 2 aromatic carbocycles. The normalized spacial score (nSPS) is 12.4. The van der Waals surface area contributed by atoms with Gasteiger partial charge in [-0.3, -0.25) is 0 Å². The zero-order chi connectivity index (χ0) is 15.4. The van der Waals surface area contributed by atoms with Crippen molar-refractivity contribution in [2.45, 2.75) is 26.3 Å². The van der Waals surface area contributed by atoms with Gasteiger partial charge in [0, 0.05) is 16.1 Å². The van der Waals surface area contributed by atoms with E-state index in [0.717, 1.165) is 12.1 Å². The van der Waals surface area contributed by atoms with Gasteiger partial charge in [-0.25, -0.2) is 8.78 Å². The van der Waals surface area contributed by atoms with Crippen molar-refractivity contribution in [1.82, 2.24) is 5.32 Å². The molecule has 21 heavy (non-hydrogen) atoms. The largest absolute Gasteiger partial charge is 0.310 e. The van der Waals surface area contributed by atoms with E-state index in [2.05, 4.69) is 21.2 Å². The molecule has 0 saturated carbocycles. The molecule has 0 radical (unpaired) electrons. The number of rotatable bonds is 5. The van der Waals surface area contributed by atoms with Crippen molar-refractivity contribution in [3.63, 3.8) is 0 Å². The van der Waals surface area contributed by atoms with E-state index in [9.17, 15) is 8.78 Å². The van der Waals surface area contributed by atoms with Crippen LogP contribution < -0.4 is 5.32 Å². The van der Waals surface area contributed by atoms with Crippen molar-refractivity contribution in [2.75, 3.05) is 6.54 Å². The van der Waals surface area contributed by atoms with E-state index in [4.69, 9.17) is 0 Å². The maximum atomic E-state index is 14.3. The number of nitrogens with one attached hydrogen (secondary N) is 1.